The Balaban J connectivity index is 1.66. The fourth-order valence-corrected chi connectivity index (χ4v) is 4.66. The summed E-state index contributed by atoms with van der Waals surface area (Å²) in [7, 11) is 1.34. The summed E-state index contributed by atoms with van der Waals surface area (Å²) in [6, 6.07) is 10.3. The number of allylic oxidation sites excluding steroid dienone is 1. The minimum absolute atomic E-state index is 0.0596. The van der Waals surface area contributed by atoms with E-state index in [4.69, 9.17) is 9.47 Å². The van der Waals surface area contributed by atoms with Gasteiger partial charge >= 0.3 is 0 Å². The lowest BCUT2D eigenvalue weighted by Gasteiger charge is -2.40. The largest absolute Gasteiger partial charge is 0.507 e. The number of ketones is 1. The third-order valence-electron chi connectivity index (χ3n) is 5.72. The van der Waals surface area contributed by atoms with Gasteiger partial charge in [0.15, 0.2) is 5.78 Å². The monoisotopic (exact) mass is 472 g/mol. The van der Waals surface area contributed by atoms with Gasteiger partial charge in [-0.2, -0.15) is 0 Å². The van der Waals surface area contributed by atoms with Gasteiger partial charge < -0.3 is 35.0 Å². The molecular formula is C24H24O8S. The second-order valence-corrected chi connectivity index (χ2v) is 8.72. The van der Waals surface area contributed by atoms with Gasteiger partial charge in [-0.15, -0.1) is 11.3 Å². The maximum Gasteiger partial charge on any atom is 0.189 e. The molecular weight excluding hydrogens is 448 g/mol. The average Bonchev–Trinajstić information content (AvgIpc) is 3.29. The molecule has 1 aromatic heterocycles. The number of phenols is 1. The molecule has 2 aromatic carbocycles. The molecule has 3 aromatic rings. The molecule has 9 heteroatoms. The molecule has 2 heterocycles. The number of thiophene rings is 1. The lowest BCUT2D eigenvalue weighted by atomic mass is 9.89. The fraction of sp³-hybridized carbons (Fsp3) is 0.292. The molecule has 0 aliphatic carbocycles. The second kappa shape index (κ2) is 9.60. The molecule has 1 fully saturated rings. The van der Waals surface area contributed by atoms with Crippen LogP contribution in [0.25, 0.3) is 16.2 Å². The van der Waals surface area contributed by atoms with E-state index in [0.717, 1.165) is 15.6 Å². The van der Waals surface area contributed by atoms with Gasteiger partial charge in [-0.25, -0.2) is 0 Å². The van der Waals surface area contributed by atoms with Crippen LogP contribution in [0.4, 0.5) is 0 Å². The Labute approximate surface area is 193 Å². The van der Waals surface area contributed by atoms with Gasteiger partial charge in [0.05, 0.1) is 19.3 Å². The Bertz CT molecular complexity index is 1180. The second-order valence-electron chi connectivity index (χ2n) is 7.78. The zero-order valence-corrected chi connectivity index (χ0v) is 18.5. The van der Waals surface area contributed by atoms with E-state index in [1.54, 1.807) is 17.4 Å². The molecule has 1 aliphatic heterocycles. The van der Waals surface area contributed by atoms with Crippen molar-refractivity contribution in [1.29, 1.82) is 0 Å². The van der Waals surface area contributed by atoms with Crippen molar-refractivity contribution in [3.8, 4) is 11.5 Å². The highest BCUT2D eigenvalue weighted by atomic mass is 32.1. The minimum Gasteiger partial charge on any atom is -0.507 e. The third kappa shape index (κ3) is 4.51. The summed E-state index contributed by atoms with van der Waals surface area (Å²) in [6.07, 6.45) is -4.05. The molecule has 5 atom stereocenters. The van der Waals surface area contributed by atoms with Crippen LogP contribution in [0.15, 0.2) is 47.9 Å². The Morgan fingerprint density at radius 2 is 1.91 bits per heavy atom. The maximum absolute atomic E-state index is 12.9. The van der Waals surface area contributed by atoms with E-state index < -0.39 is 42.9 Å². The summed E-state index contributed by atoms with van der Waals surface area (Å²) < 4.78 is 12.0. The Morgan fingerprint density at radius 3 is 2.64 bits per heavy atom. The number of rotatable bonds is 6. The highest BCUT2D eigenvalue weighted by Crippen LogP contribution is 2.40. The van der Waals surface area contributed by atoms with Crippen LogP contribution in [-0.4, -0.2) is 69.4 Å². The van der Waals surface area contributed by atoms with Gasteiger partial charge in [0.1, 0.15) is 42.0 Å². The number of hydrogen-bond acceptors (Lipinski definition) is 9. The Morgan fingerprint density at radius 1 is 1.12 bits per heavy atom. The number of fused-ring (bicyclic) bond motifs is 1. The first-order chi connectivity index (χ1) is 15.8. The van der Waals surface area contributed by atoms with E-state index in [1.165, 1.54) is 25.3 Å². The topological polar surface area (TPSA) is 137 Å². The first-order valence-corrected chi connectivity index (χ1v) is 11.1. The van der Waals surface area contributed by atoms with E-state index in [1.807, 2.05) is 29.6 Å². The number of methoxy groups -OCH3 is 1. The summed E-state index contributed by atoms with van der Waals surface area (Å²) in [6.45, 7) is -0.592. The van der Waals surface area contributed by atoms with Crippen LogP contribution in [-0.2, 0) is 4.74 Å². The predicted molar refractivity (Wildman–Crippen MR) is 123 cm³/mol. The first-order valence-electron chi connectivity index (χ1n) is 10.2. The van der Waals surface area contributed by atoms with Gasteiger partial charge in [-0.3, -0.25) is 4.79 Å². The molecule has 0 spiro atoms. The van der Waals surface area contributed by atoms with Crippen molar-refractivity contribution in [3.05, 3.63) is 64.5 Å². The third-order valence-corrected chi connectivity index (χ3v) is 6.61. The van der Waals surface area contributed by atoms with Crippen molar-refractivity contribution in [2.75, 3.05) is 13.7 Å². The van der Waals surface area contributed by atoms with Crippen molar-refractivity contribution in [3.63, 3.8) is 0 Å². The molecule has 5 unspecified atom stereocenters. The number of carbonyl (C=O) groups excluding carboxylic acids is 1. The van der Waals surface area contributed by atoms with Crippen molar-refractivity contribution < 1.29 is 39.8 Å². The molecule has 8 nitrogen and oxygen atoms in total. The Kier molecular flexibility index (Phi) is 6.80. The molecule has 0 bridgehead atoms. The summed E-state index contributed by atoms with van der Waals surface area (Å²) in [5, 5.41) is 53.6. The SMILES string of the molecule is COc1cc(O)c(C(=O)C=Cc2ccc3sccc3c2)cc1C1OC(CO)C(O)C(O)C1O. The van der Waals surface area contributed by atoms with Crippen molar-refractivity contribution >= 4 is 33.3 Å². The van der Waals surface area contributed by atoms with Crippen LogP contribution < -0.4 is 4.74 Å². The molecule has 0 radical (unpaired) electrons. The molecule has 1 aliphatic rings. The summed E-state index contributed by atoms with van der Waals surface area (Å²) in [4.78, 5) is 12.9. The summed E-state index contributed by atoms with van der Waals surface area (Å²) in [5.74, 6) is -0.713. The quantitative estimate of drug-likeness (QED) is 0.272. The van der Waals surface area contributed by atoms with Crippen LogP contribution in [0.1, 0.15) is 27.6 Å². The van der Waals surface area contributed by atoms with Crippen LogP contribution in [0, 0.1) is 0 Å². The normalized spacial score (nSPS) is 25.5. The predicted octanol–water partition coefficient (Wildman–Crippen LogP) is 2.03. The number of hydrogen-bond donors (Lipinski definition) is 5. The van der Waals surface area contributed by atoms with Crippen LogP contribution >= 0.6 is 11.3 Å². The zero-order valence-electron chi connectivity index (χ0n) is 17.7. The first kappa shape index (κ1) is 23.4. The van der Waals surface area contributed by atoms with Crippen LogP contribution in [0.5, 0.6) is 11.5 Å². The average molecular weight is 473 g/mol. The van der Waals surface area contributed by atoms with Crippen molar-refractivity contribution in [2.24, 2.45) is 0 Å². The molecule has 0 amide bonds. The number of phenolic OH excluding ortho intramolecular Hbond substituents is 1. The number of carbonyl (C=O) groups is 1. The summed E-state index contributed by atoms with van der Waals surface area (Å²) >= 11 is 1.62. The van der Waals surface area contributed by atoms with Crippen molar-refractivity contribution in [2.45, 2.75) is 30.5 Å². The number of aromatic hydroxyl groups is 1. The molecule has 5 N–H and O–H groups in total. The van der Waals surface area contributed by atoms with Crippen LogP contribution in [0.2, 0.25) is 0 Å². The van der Waals surface area contributed by atoms with Gasteiger partial charge in [0, 0.05) is 16.3 Å². The highest BCUT2D eigenvalue weighted by molar-refractivity contribution is 7.17. The van der Waals surface area contributed by atoms with Gasteiger partial charge in [-0.05, 0) is 46.7 Å². The van der Waals surface area contributed by atoms with E-state index in [-0.39, 0.29) is 22.6 Å². The zero-order chi connectivity index (χ0) is 23.7. The Hall–Kier alpha value is -2.79. The van der Waals surface area contributed by atoms with E-state index in [9.17, 15) is 30.3 Å². The molecule has 4 rings (SSSR count). The number of aliphatic hydroxyl groups is 4. The fourth-order valence-electron chi connectivity index (χ4n) is 3.89. The number of benzene rings is 2. The lowest BCUT2D eigenvalue weighted by Crippen LogP contribution is -2.55. The standard InChI is InChI=1S/C24H24O8S/c1-31-18-10-17(27)14(9-15(18)24-23(30)22(29)21(28)19(11-25)32-24)16(26)4-2-12-3-5-20-13(8-12)6-7-33-20/h2-10,19,21-25,27-30H,11H2,1H3. The molecule has 0 saturated carbocycles. The highest BCUT2D eigenvalue weighted by Gasteiger charge is 2.45. The molecule has 33 heavy (non-hydrogen) atoms. The smallest absolute Gasteiger partial charge is 0.189 e. The van der Waals surface area contributed by atoms with Crippen molar-refractivity contribution in [1.82, 2.24) is 0 Å². The van der Waals surface area contributed by atoms with E-state index >= 15 is 0 Å². The number of aliphatic hydroxyl groups excluding tert-OH is 4. The van der Waals surface area contributed by atoms with E-state index in [0.29, 0.717) is 0 Å². The number of ether oxygens (including phenoxy) is 2. The van der Waals surface area contributed by atoms with Gasteiger partial charge in [0.25, 0.3) is 0 Å². The summed E-state index contributed by atoms with van der Waals surface area (Å²) in [5.41, 5.74) is 0.940. The van der Waals surface area contributed by atoms with Gasteiger partial charge in [-0.1, -0.05) is 12.1 Å². The molecule has 174 valence electrons. The van der Waals surface area contributed by atoms with Gasteiger partial charge in [0.2, 0.25) is 0 Å². The maximum atomic E-state index is 12.9. The molecule has 1 saturated heterocycles. The minimum atomic E-state index is -1.59. The lowest BCUT2D eigenvalue weighted by molar-refractivity contribution is -0.232. The van der Waals surface area contributed by atoms with Crippen LogP contribution in [0.3, 0.4) is 0 Å². The van der Waals surface area contributed by atoms with E-state index in [2.05, 4.69) is 0 Å².